The molecule has 1 aromatic rings. The minimum Gasteiger partial charge on any atom is -0.259 e. The summed E-state index contributed by atoms with van der Waals surface area (Å²) in [5, 5.41) is 0. The van der Waals surface area contributed by atoms with Gasteiger partial charge in [0.1, 0.15) is 0 Å². The standard InChI is InChI=1S/C7H8B3N/c1-5-3-4-7(10(8)9)6(2)11-5/h3-4H,1-2H3. The molecule has 50 valence electrons. The van der Waals surface area contributed by atoms with E-state index in [0.717, 1.165) is 16.9 Å². The second-order valence-corrected chi connectivity index (χ2v) is 2.65. The summed E-state index contributed by atoms with van der Waals surface area (Å²) in [4.78, 5) is 4.23. The monoisotopic (exact) mass is 139 g/mol. The largest absolute Gasteiger partial charge is 0.259 e. The number of pyridine rings is 1. The van der Waals surface area contributed by atoms with Crippen molar-refractivity contribution in [1.29, 1.82) is 0 Å². The van der Waals surface area contributed by atoms with Crippen molar-refractivity contribution < 1.29 is 0 Å². The third-order valence-electron chi connectivity index (χ3n) is 1.63. The van der Waals surface area contributed by atoms with E-state index in [2.05, 4.69) is 4.98 Å². The number of rotatable bonds is 1. The zero-order valence-electron chi connectivity index (χ0n) is 6.83. The third-order valence-corrected chi connectivity index (χ3v) is 1.63. The van der Waals surface area contributed by atoms with Crippen LogP contribution in [0.4, 0.5) is 0 Å². The lowest BCUT2D eigenvalue weighted by atomic mass is 9.16. The van der Waals surface area contributed by atoms with Crippen molar-refractivity contribution in [3.8, 4) is 0 Å². The normalized spacial score (nSPS) is 9.64. The average Bonchev–Trinajstić information content (AvgIpc) is 1.85. The van der Waals surface area contributed by atoms with E-state index in [1.807, 2.05) is 26.0 Å². The van der Waals surface area contributed by atoms with Crippen molar-refractivity contribution in [1.82, 2.24) is 4.98 Å². The maximum atomic E-state index is 5.50. The van der Waals surface area contributed by atoms with E-state index in [1.165, 1.54) is 0 Å². The molecular formula is C7H8B3N. The van der Waals surface area contributed by atoms with Crippen LogP contribution in [0.2, 0.25) is 0 Å². The molecule has 0 fully saturated rings. The van der Waals surface area contributed by atoms with Crippen LogP contribution < -0.4 is 5.46 Å². The number of hydrogen-bond donors (Lipinski definition) is 0. The molecule has 0 saturated heterocycles. The lowest BCUT2D eigenvalue weighted by Gasteiger charge is -2.07. The van der Waals surface area contributed by atoms with E-state index in [1.54, 1.807) is 0 Å². The van der Waals surface area contributed by atoms with Crippen LogP contribution in [0, 0.1) is 13.8 Å². The van der Waals surface area contributed by atoms with Gasteiger partial charge in [-0.1, -0.05) is 11.5 Å². The highest BCUT2D eigenvalue weighted by atomic mass is 14.7. The molecule has 4 heteroatoms. The summed E-state index contributed by atoms with van der Waals surface area (Å²) in [6.45, 7) is 3.44. The Hall–Kier alpha value is -0.655. The molecule has 0 atom stereocenters. The zero-order chi connectivity index (χ0) is 8.43. The zero-order valence-corrected chi connectivity index (χ0v) is 6.83. The first kappa shape index (κ1) is 8.44. The van der Waals surface area contributed by atoms with Crippen molar-refractivity contribution >= 4 is 27.4 Å². The summed E-state index contributed by atoms with van der Waals surface area (Å²) < 4.78 is 0. The fraction of sp³-hybridized carbons (Fsp3) is 0.286. The lowest BCUT2D eigenvalue weighted by Crippen LogP contribution is -2.34. The Morgan fingerprint density at radius 3 is 2.36 bits per heavy atom. The molecule has 1 rings (SSSR count). The third kappa shape index (κ3) is 1.89. The predicted octanol–water partition coefficient (Wildman–Crippen LogP) is -0.269. The van der Waals surface area contributed by atoms with Gasteiger partial charge in [-0.2, -0.15) is 0 Å². The molecule has 0 spiro atoms. The van der Waals surface area contributed by atoms with Crippen molar-refractivity contribution in [2.45, 2.75) is 13.8 Å². The minimum absolute atomic E-state index is 0.414. The number of nitrogens with zero attached hydrogens (tertiary/aromatic N) is 1. The average molecular weight is 139 g/mol. The Morgan fingerprint density at radius 2 is 1.91 bits per heavy atom. The maximum absolute atomic E-state index is 5.50. The summed E-state index contributed by atoms with van der Waals surface area (Å²) in [6.07, 6.45) is 0. The molecule has 0 saturated carbocycles. The molecule has 4 radical (unpaired) electrons. The molecule has 0 aliphatic carbocycles. The van der Waals surface area contributed by atoms with Gasteiger partial charge in [0.2, 0.25) is 0 Å². The van der Waals surface area contributed by atoms with Crippen LogP contribution >= 0.6 is 0 Å². The van der Waals surface area contributed by atoms with Gasteiger partial charge in [-0.05, 0) is 19.9 Å². The van der Waals surface area contributed by atoms with Gasteiger partial charge in [-0.25, -0.2) is 0 Å². The van der Waals surface area contributed by atoms with Crippen LogP contribution in [0.25, 0.3) is 0 Å². The molecule has 0 bridgehead atoms. The van der Waals surface area contributed by atoms with E-state index >= 15 is 0 Å². The van der Waals surface area contributed by atoms with Gasteiger partial charge < -0.3 is 0 Å². The summed E-state index contributed by atoms with van der Waals surface area (Å²) >= 11 is 0. The maximum Gasteiger partial charge on any atom is 0.0829 e. The second kappa shape index (κ2) is 3.16. The lowest BCUT2D eigenvalue weighted by molar-refractivity contribution is 1.14. The molecule has 0 N–H and O–H groups in total. The minimum atomic E-state index is -0.414. The van der Waals surface area contributed by atoms with Gasteiger partial charge in [-0.3, -0.25) is 4.98 Å². The molecule has 0 aliphatic heterocycles. The van der Waals surface area contributed by atoms with Crippen LogP contribution in [-0.4, -0.2) is 27.0 Å². The molecule has 11 heavy (non-hydrogen) atoms. The first-order valence-corrected chi connectivity index (χ1v) is 3.56. The summed E-state index contributed by atoms with van der Waals surface area (Å²) in [6, 6.07) is 3.83. The summed E-state index contributed by atoms with van der Waals surface area (Å²) in [5.41, 5.74) is 2.82. The fourth-order valence-electron chi connectivity index (χ4n) is 1.05. The van der Waals surface area contributed by atoms with Crippen LogP contribution in [0.3, 0.4) is 0 Å². The molecule has 0 aromatic carbocycles. The molecule has 0 unspecified atom stereocenters. The number of aromatic nitrogens is 1. The summed E-state index contributed by atoms with van der Waals surface area (Å²) in [7, 11) is 11.0. The molecule has 1 aromatic heterocycles. The van der Waals surface area contributed by atoms with Crippen LogP contribution in [0.15, 0.2) is 12.1 Å². The molecule has 1 heterocycles. The van der Waals surface area contributed by atoms with E-state index < -0.39 is 6.49 Å². The van der Waals surface area contributed by atoms with Crippen LogP contribution in [-0.2, 0) is 0 Å². The predicted molar refractivity (Wildman–Crippen MR) is 50.6 cm³/mol. The van der Waals surface area contributed by atoms with Crippen LogP contribution in [0.5, 0.6) is 0 Å². The number of aryl methyl sites for hydroxylation is 2. The van der Waals surface area contributed by atoms with Crippen molar-refractivity contribution in [3.63, 3.8) is 0 Å². The van der Waals surface area contributed by atoms with Gasteiger partial charge in [0.25, 0.3) is 0 Å². The highest BCUT2D eigenvalue weighted by Gasteiger charge is 2.04. The van der Waals surface area contributed by atoms with Gasteiger partial charge in [0.15, 0.2) is 0 Å². The Balaban J connectivity index is 3.09. The smallest absolute Gasteiger partial charge is 0.0829 e. The summed E-state index contributed by atoms with van der Waals surface area (Å²) in [5.74, 6) is 0. The van der Waals surface area contributed by atoms with E-state index in [0.29, 0.717) is 0 Å². The second-order valence-electron chi connectivity index (χ2n) is 2.65. The van der Waals surface area contributed by atoms with Gasteiger partial charge in [0.05, 0.1) is 6.49 Å². The highest BCUT2D eigenvalue weighted by molar-refractivity contribution is 7.35. The SMILES string of the molecule is [B]B([B])c1ccc(C)nc1C. The topological polar surface area (TPSA) is 12.9 Å². The number of hydrogen-bond acceptors (Lipinski definition) is 1. The highest BCUT2D eigenvalue weighted by Crippen LogP contribution is 1.93. The first-order chi connectivity index (χ1) is 5.11. The van der Waals surface area contributed by atoms with E-state index in [-0.39, 0.29) is 0 Å². The Bertz CT molecular complexity index is 260. The van der Waals surface area contributed by atoms with Gasteiger partial charge in [0, 0.05) is 26.9 Å². The molecular weight excluding hydrogens is 131 g/mol. The van der Waals surface area contributed by atoms with E-state index in [4.69, 9.17) is 15.5 Å². The quantitative estimate of drug-likeness (QED) is 0.487. The van der Waals surface area contributed by atoms with E-state index in [9.17, 15) is 0 Å². The van der Waals surface area contributed by atoms with Crippen molar-refractivity contribution in [2.75, 3.05) is 0 Å². The fourth-order valence-corrected chi connectivity index (χ4v) is 1.05. The molecule has 0 aliphatic rings. The van der Waals surface area contributed by atoms with Crippen molar-refractivity contribution in [2.24, 2.45) is 0 Å². The first-order valence-electron chi connectivity index (χ1n) is 3.56. The van der Waals surface area contributed by atoms with Crippen molar-refractivity contribution in [3.05, 3.63) is 23.5 Å². The molecule has 0 amide bonds. The molecule has 1 nitrogen and oxygen atoms in total. The Labute approximate surface area is 70.5 Å². The Morgan fingerprint density at radius 1 is 1.27 bits per heavy atom. The van der Waals surface area contributed by atoms with Crippen LogP contribution in [0.1, 0.15) is 11.4 Å². The van der Waals surface area contributed by atoms with Gasteiger partial charge in [-0.15, -0.1) is 0 Å². The Kier molecular flexibility index (Phi) is 2.43. The van der Waals surface area contributed by atoms with Gasteiger partial charge >= 0.3 is 0 Å².